The number of hydrogen-bond acceptors (Lipinski definition) is 5. The van der Waals surface area contributed by atoms with Crippen molar-refractivity contribution in [3.05, 3.63) is 33.8 Å². The topological polar surface area (TPSA) is 62.3 Å². The Morgan fingerprint density at radius 3 is 2.24 bits per heavy atom. The third-order valence-corrected chi connectivity index (χ3v) is 10.5. The normalized spacial score (nSPS) is 28.6. The van der Waals surface area contributed by atoms with E-state index in [2.05, 4.69) is 4.90 Å². The molecule has 0 radical (unpaired) electrons. The van der Waals surface area contributed by atoms with Crippen LogP contribution in [-0.4, -0.2) is 97.5 Å². The molecule has 1 saturated carbocycles. The molecule has 7 nitrogen and oxygen atoms in total. The monoisotopic (exact) mass is 633 g/mol. The molecule has 234 valence electrons. The van der Waals surface area contributed by atoms with Crippen LogP contribution in [0.3, 0.4) is 0 Å². The summed E-state index contributed by atoms with van der Waals surface area (Å²) in [6, 6.07) is 5.49. The molecule has 2 atom stereocenters. The average molecular weight is 635 g/mol. The molecule has 5 rings (SSSR count). The highest BCUT2D eigenvalue weighted by Crippen LogP contribution is 2.39. The minimum Gasteiger partial charge on any atom is -0.446 e. The number of carbonyl (C=O) groups is 2. The van der Waals surface area contributed by atoms with Crippen LogP contribution in [0.5, 0.6) is 0 Å². The highest BCUT2D eigenvalue weighted by Gasteiger charge is 2.45. The maximum Gasteiger partial charge on any atom is 0.410 e. The van der Waals surface area contributed by atoms with E-state index in [4.69, 9.17) is 32.7 Å². The lowest BCUT2D eigenvalue weighted by molar-refractivity contribution is -0.186. The molecule has 42 heavy (non-hydrogen) atoms. The van der Waals surface area contributed by atoms with Gasteiger partial charge >= 0.3 is 12.3 Å². The largest absolute Gasteiger partial charge is 0.446 e. The Morgan fingerprint density at radius 2 is 1.62 bits per heavy atom. The minimum atomic E-state index is -4.22. The molecular formula is C30H40Cl2F3N3O4. The van der Waals surface area contributed by atoms with Crippen molar-refractivity contribution in [3.63, 3.8) is 0 Å². The zero-order valence-electron chi connectivity index (χ0n) is 24.0. The van der Waals surface area contributed by atoms with Gasteiger partial charge in [-0.2, -0.15) is 13.2 Å². The smallest absolute Gasteiger partial charge is 0.410 e. The number of amides is 2. The van der Waals surface area contributed by atoms with Gasteiger partial charge < -0.3 is 24.2 Å². The lowest BCUT2D eigenvalue weighted by Gasteiger charge is -2.39. The third-order valence-electron chi connectivity index (χ3n) is 9.75. The summed E-state index contributed by atoms with van der Waals surface area (Å²) in [5.41, 5.74) is 0.865. The van der Waals surface area contributed by atoms with Crippen molar-refractivity contribution >= 4 is 35.2 Å². The van der Waals surface area contributed by atoms with Crippen LogP contribution in [0.25, 0.3) is 0 Å². The number of likely N-dealkylation sites (N-methyl/N-ethyl adjacent to an activating group) is 1. The van der Waals surface area contributed by atoms with Crippen molar-refractivity contribution in [2.24, 2.45) is 11.8 Å². The van der Waals surface area contributed by atoms with Gasteiger partial charge in [-0.15, -0.1) is 0 Å². The SMILES string of the molecule is CN(C(=O)O[C@H]1CC[C@H](C(F)(F)F)CC1)[C@@H]1CN(C(=O)C2CCN(C3CCOCC3)CC2)C[C@@H]1c1ccc(Cl)c(Cl)c1. The van der Waals surface area contributed by atoms with Crippen molar-refractivity contribution in [3.8, 4) is 0 Å². The Bertz CT molecular complexity index is 1100. The van der Waals surface area contributed by atoms with Gasteiger partial charge in [-0.25, -0.2) is 4.79 Å². The van der Waals surface area contributed by atoms with Gasteiger partial charge in [-0.3, -0.25) is 4.79 Å². The van der Waals surface area contributed by atoms with E-state index in [1.165, 1.54) is 4.90 Å². The number of alkyl halides is 3. The second-order valence-electron chi connectivity index (χ2n) is 12.3. The lowest BCUT2D eigenvalue weighted by Crippen LogP contribution is -2.47. The standard InChI is InChI=1S/C30H40Cl2F3N3O4/c1-36(29(40)42-23-5-3-21(4-6-23)30(33,34)35)27-18-38(17-24(27)20-2-7-25(31)26(32)16-20)28(39)19-8-12-37(13-9-19)22-10-14-41-15-11-22/h2,7,16,19,21-24,27H,3-6,8-15,17-18H2,1H3/t21-,23-,24-,27-/m1/s1. The summed E-state index contributed by atoms with van der Waals surface area (Å²) in [5.74, 6) is -1.54. The molecule has 3 heterocycles. The van der Waals surface area contributed by atoms with Crippen LogP contribution in [0.2, 0.25) is 10.0 Å². The molecule has 0 spiro atoms. The number of benzene rings is 1. The third kappa shape index (κ3) is 7.30. The summed E-state index contributed by atoms with van der Waals surface area (Å²) in [4.78, 5) is 32.9. The second kappa shape index (κ2) is 13.5. The molecule has 1 aliphatic carbocycles. The molecule has 1 aromatic carbocycles. The highest BCUT2D eigenvalue weighted by molar-refractivity contribution is 6.42. The molecule has 1 aromatic rings. The van der Waals surface area contributed by atoms with E-state index < -0.39 is 24.3 Å². The van der Waals surface area contributed by atoms with Gasteiger partial charge in [0.2, 0.25) is 5.91 Å². The summed E-state index contributed by atoms with van der Waals surface area (Å²) in [6.07, 6.45) is -1.42. The maximum absolute atomic E-state index is 13.8. The van der Waals surface area contributed by atoms with E-state index >= 15 is 0 Å². The van der Waals surface area contributed by atoms with Gasteiger partial charge in [0.1, 0.15) is 6.10 Å². The number of rotatable bonds is 5. The Morgan fingerprint density at radius 1 is 0.952 bits per heavy atom. The van der Waals surface area contributed by atoms with Gasteiger partial charge in [-0.1, -0.05) is 29.3 Å². The summed E-state index contributed by atoms with van der Waals surface area (Å²) in [6.45, 7) is 4.13. The molecule has 0 N–H and O–H groups in total. The van der Waals surface area contributed by atoms with Gasteiger partial charge in [0.25, 0.3) is 0 Å². The quantitative estimate of drug-likeness (QED) is 0.377. The molecule has 12 heteroatoms. The van der Waals surface area contributed by atoms with Crippen LogP contribution in [-0.2, 0) is 14.3 Å². The molecule has 3 saturated heterocycles. The number of halogens is 5. The number of ether oxygens (including phenoxy) is 2. The number of nitrogens with zero attached hydrogens (tertiary/aromatic N) is 3. The van der Waals surface area contributed by atoms with E-state index in [0.29, 0.717) is 29.2 Å². The van der Waals surface area contributed by atoms with E-state index in [9.17, 15) is 22.8 Å². The molecular weight excluding hydrogens is 594 g/mol. The number of likely N-dealkylation sites (tertiary alicyclic amines) is 2. The molecule has 3 aliphatic heterocycles. The maximum atomic E-state index is 13.8. The fourth-order valence-electron chi connectivity index (χ4n) is 7.12. The first-order valence-corrected chi connectivity index (χ1v) is 15.8. The average Bonchev–Trinajstić information content (AvgIpc) is 3.43. The van der Waals surface area contributed by atoms with Crippen LogP contribution >= 0.6 is 23.2 Å². The number of carbonyl (C=O) groups excluding carboxylic acids is 2. The van der Waals surface area contributed by atoms with Crippen LogP contribution in [0.15, 0.2) is 18.2 Å². The van der Waals surface area contributed by atoms with Crippen LogP contribution in [0, 0.1) is 11.8 Å². The summed E-state index contributed by atoms with van der Waals surface area (Å²) >= 11 is 12.5. The molecule has 2 amide bonds. The summed E-state index contributed by atoms with van der Waals surface area (Å²) in [7, 11) is 1.64. The Balaban J connectivity index is 1.24. The molecule has 0 bridgehead atoms. The van der Waals surface area contributed by atoms with Crippen molar-refractivity contribution in [2.75, 3.05) is 46.4 Å². The zero-order valence-corrected chi connectivity index (χ0v) is 25.5. The van der Waals surface area contributed by atoms with Crippen molar-refractivity contribution in [1.82, 2.24) is 14.7 Å². The Hall–Kier alpha value is -1.75. The lowest BCUT2D eigenvalue weighted by atomic mass is 9.87. The van der Waals surface area contributed by atoms with E-state index in [1.807, 2.05) is 11.0 Å². The first-order valence-electron chi connectivity index (χ1n) is 15.1. The van der Waals surface area contributed by atoms with Crippen molar-refractivity contribution in [1.29, 1.82) is 0 Å². The summed E-state index contributed by atoms with van der Waals surface area (Å²) in [5, 5.41) is 0.811. The first kappa shape index (κ1) is 31.7. The van der Waals surface area contributed by atoms with E-state index in [-0.39, 0.29) is 49.5 Å². The zero-order chi connectivity index (χ0) is 30.0. The van der Waals surface area contributed by atoms with Crippen molar-refractivity contribution in [2.45, 2.75) is 81.6 Å². The number of hydrogen-bond donors (Lipinski definition) is 0. The van der Waals surface area contributed by atoms with Gasteiger partial charge in [-0.05, 0) is 82.2 Å². The Kier molecular flexibility index (Phi) is 10.2. The highest BCUT2D eigenvalue weighted by atomic mass is 35.5. The molecule has 0 aromatic heterocycles. The van der Waals surface area contributed by atoms with E-state index in [1.54, 1.807) is 19.2 Å². The molecule has 4 aliphatic rings. The molecule has 0 unspecified atom stereocenters. The second-order valence-corrected chi connectivity index (χ2v) is 13.1. The van der Waals surface area contributed by atoms with Crippen LogP contribution < -0.4 is 0 Å². The van der Waals surface area contributed by atoms with Crippen molar-refractivity contribution < 1.29 is 32.2 Å². The number of piperidine rings is 1. The van der Waals surface area contributed by atoms with Gasteiger partial charge in [0.15, 0.2) is 0 Å². The van der Waals surface area contributed by atoms with Gasteiger partial charge in [0.05, 0.1) is 22.0 Å². The van der Waals surface area contributed by atoms with Crippen LogP contribution in [0.4, 0.5) is 18.0 Å². The Labute approximate surface area is 255 Å². The van der Waals surface area contributed by atoms with Gasteiger partial charge in [0, 0.05) is 51.2 Å². The first-order chi connectivity index (χ1) is 20.0. The van der Waals surface area contributed by atoms with E-state index in [0.717, 1.165) is 57.6 Å². The van der Waals surface area contributed by atoms with Crippen LogP contribution in [0.1, 0.15) is 62.8 Å². The minimum absolute atomic E-state index is 0.0455. The summed E-state index contributed by atoms with van der Waals surface area (Å²) < 4.78 is 50.5. The predicted molar refractivity (Wildman–Crippen MR) is 154 cm³/mol. The fourth-order valence-corrected chi connectivity index (χ4v) is 7.43. The molecule has 4 fully saturated rings. The predicted octanol–water partition coefficient (Wildman–Crippen LogP) is 6.37. The fraction of sp³-hybridized carbons (Fsp3) is 0.733.